The SMILES string of the molecule is CC1CNc2c(oc3ccc4nc(Oc5nc(Cl)ncc5C(N)=O)ccc4c23)C(=O)N1. The minimum absolute atomic E-state index is 0.0220. The number of aromatic nitrogens is 3. The van der Waals surface area contributed by atoms with Gasteiger partial charge in [0.2, 0.25) is 22.8 Å². The second-order valence-corrected chi connectivity index (χ2v) is 7.38. The highest BCUT2D eigenvalue weighted by Gasteiger charge is 2.26. The molecule has 156 valence electrons. The number of rotatable bonds is 3. The fraction of sp³-hybridized carbons (Fsp3) is 0.150. The predicted molar refractivity (Wildman–Crippen MR) is 113 cm³/mol. The van der Waals surface area contributed by atoms with Gasteiger partial charge in [0.25, 0.3) is 11.8 Å². The molecule has 4 aromatic rings. The van der Waals surface area contributed by atoms with Crippen molar-refractivity contribution in [3.63, 3.8) is 0 Å². The lowest BCUT2D eigenvalue weighted by Gasteiger charge is -2.10. The molecule has 0 radical (unpaired) electrons. The molecule has 1 aliphatic rings. The highest BCUT2D eigenvalue weighted by Crippen LogP contribution is 2.38. The number of anilines is 1. The molecule has 2 amide bonds. The summed E-state index contributed by atoms with van der Waals surface area (Å²) >= 11 is 5.81. The topological polar surface area (TPSA) is 145 Å². The molecule has 10 nitrogen and oxygen atoms in total. The molecule has 4 heterocycles. The maximum Gasteiger partial charge on any atom is 0.289 e. The van der Waals surface area contributed by atoms with Crippen LogP contribution in [0.15, 0.2) is 34.9 Å². The minimum atomic E-state index is -0.756. The van der Waals surface area contributed by atoms with Crippen LogP contribution in [0.3, 0.4) is 0 Å². The van der Waals surface area contributed by atoms with E-state index in [2.05, 4.69) is 25.6 Å². The molecule has 0 spiro atoms. The summed E-state index contributed by atoms with van der Waals surface area (Å²) in [5, 5.41) is 7.57. The molecule has 1 atom stereocenters. The fourth-order valence-corrected chi connectivity index (χ4v) is 3.58. The van der Waals surface area contributed by atoms with E-state index in [0.29, 0.717) is 23.3 Å². The number of hydrogen-bond donors (Lipinski definition) is 3. The second-order valence-electron chi connectivity index (χ2n) is 7.04. The van der Waals surface area contributed by atoms with Crippen LogP contribution in [0.5, 0.6) is 11.8 Å². The molecule has 3 aromatic heterocycles. The van der Waals surface area contributed by atoms with Crippen LogP contribution >= 0.6 is 11.6 Å². The predicted octanol–water partition coefficient (Wildman–Crippen LogP) is 2.86. The smallest absolute Gasteiger partial charge is 0.289 e. The highest BCUT2D eigenvalue weighted by molar-refractivity contribution is 6.28. The largest absolute Gasteiger partial charge is 0.449 e. The molecular formula is C20H15ClN6O4. The van der Waals surface area contributed by atoms with E-state index in [1.54, 1.807) is 24.3 Å². The van der Waals surface area contributed by atoms with Gasteiger partial charge in [0.05, 0.1) is 16.6 Å². The average molecular weight is 439 g/mol. The van der Waals surface area contributed by atoms with Gasteiger partial charge in [-0.3, -0.25) is 9.59 Å². The van der Waals surface area contributed by atoms with Crippen molar-refractivity contribution in [3.05, 3.63) is 47.1 Å². The third kappa shape index (κ3) is 3.26. The average Bonchev–Trinajstić information content (AvgIpc) is 3.04. The van der Waals surface area contributed by atoms with Crippen LogP contribution in [0, 0.1) is 0 Å². The van der Waals surface area contributed by atoms with Crippen LogP contribution < -0.4 is 21.1 Å². The van der Waals surface area contributed by atoms with Gasteiger partial charge >= 0.3 is 0 Å². The number of pyridine rings is 1. The van der Waals surface area contributed by atoms with E-state index in [0.717, 1.165) is 10.8 Å². The standard InChI is InChI=1S/C20H15ClN6O4/c1-8-6-23-15-14-9-2-5-13(31-19-10(17(22)28)7-24-20(21)27-19)26-11(9)3-4-12(14)30-16(15)18(29)25-8/h2-5,7-8,23H,6H2,1H3,(H2,22,28)(H,25,29). The lowest BCUT2D eigenvalue weighted by atomic mass is 10.1. The monoisotopic (exact) mass is 438 g/mol. The first-order valence-electron chi connectivity index (χ1n) is 9.32. The molecule has 0 saturated carbocycles. The number of carbonyl (C=O) groups excluding carboxylic acids is 2. The van der Waals surface area contributed by atoms with Crippen molar-refractivity contribution < 1.29 is 18.7 Å². The number of nitrogens with zero attached hydrogens (tertiary/aromatic N) is 3. The van der Waals surface area contributed by atoms with E-state index in [-0.39, 0.29) is 40.3 Å². The molecule has 4 N–H and O–H groups in total. The Hall–Kier alpha value is -3.92. The zero-order valence-corrected chi connectivity index (χ0v) is 16.9. The van der Waals surface area contributed by atoms with Crippen molar-refractivity contribution in [1.82, 2.24) is 20.3 Å². The van der Waals surface area contributed by atoms with Crippen LogP contribution in [0.4, 0.5) is 5.69 Å². The van der Waals surface area contributed by atoms with Gasteiger partial charge in [-0.1, -0.05) is 0 Å². The zero-order chi connectivity index (χ0) is 21.7. The second kappa shape index (κ2) is 7.10. The Labute approximate surface area is 179 Å². The molecule has 11 heteroatoms. The van der Waals surface area contributed by atoms with E-state index in [9.17, 15) is 9.59 Å². The Kier molecular flexibility index (Phi) is 4.36. The quantitative estimate of drug-likeness (QED) is 0.414. The number of fused-ring (bicyclic) bond motifs is 5. The first-order chi connectivity index (χ1) is 14.9. The van der Waals surface area contributed by atoms with Crippen molar-refractivity contribution in [2.45, 2.75) is 13.0 Å². The van der Waals surface area contributed by atoms with Crippen LogP contribution in [0.1, 0.15) is 27.8 Å². The number of nitrogens with one attached hydrogen (secondary N) is 2. The maximum atomic E-state index is 12.5. The molecule has 0 saturated heterocycles. The summed E-state index contributed by atoms with van der Waals surface area (Å²) in [4.78, 5) is 36.2. The normalized spacial score (nSPS) is 15.8. The number of ether oxygens (including phenoxy) is 1. The number of amides is 2. The van der Waals surface area contributed by atoms with Crippen molar-refractivity contribution >= 4 is 51.0 Å². The highest BCUT2D eigenvalue weighted by atomic mass is 35.5. The van der Waals surface area contributed by atoms with Crippen LogP contribution in [-0.2, 0) is 0 Å². The van der Waals surface area contributed by atoms with Gasteiger partial charge in [-0.05, 0) is 36.7 Å². The number of carbonyl (C=O) groups is 2. The Morgan fingerprint density at radius 2 is 2.13 bits per heavy atom. The third-order valence-electron chi connectivity index (χ3n) is 4.86. The van der Waals surface area contributed by atoms with E-state index in [1.807, 2.05) is 6.92 Å². The van der Waals surface area contributed by atoms with E-state index in [1.165, 1.54) is 6.20 Å². The van der Waals surface area contributed by atoms with Gasteiger partial charge in [0.15, 0.2) is 0 Å². The number of primary amides is 1. The van der Waals surface area contributed by atoms with E-state index >= 15 is 0 Å². The lowest BCUT2D eigenvalue weighted by molar-refractivity contribution is 0.0919. The Bertz CT molecular complexity index is 1390. The zero-order valence-electron chi connectivity index (χ0n) is 16.1. The van der Waals surface area contributed by atoms with Crippen molar-refractivity contribution in [2.24, 2.45) is 5.73 Å². The number of halogens is 1. The van der Waals surface area contributed by atoms with Gasteiger partial charge in [0.1, 0.15) is 11.1 Å². The lowest BCUT2D eigenvalue weighted by Crippen LogP contribution is -2.34. The van der Waals surface area contributed by atoms with E-state index < -0.39 is 5.91 Å². The molecule has 0 aliphatic carbocycles. The molecular weight excluding hydrogens is 424 g/mol. The summed E-state index contributed by atoms with van der Waals surface area (Å²) in [5.41, 5.74) is 7.10. The van der Waals surface area contributed by atoms with Gasteiger partial charge in [0, 0.05) is 30.2 Å². The number of nitrogens with two attached hydrogens (primary N) is 1. The third-order valence-corrected chi connectivity index (χ3v) is 5.04. The molecule has 31 heavy (non-hydrogen) atoms. The first-order valence-corrected chi connectivity index (χ1v) is 9.69. The molecule has 5 rings (SSSR count). The van der Waals surface area contributed by atoms with Gasteiger partial charge in [-0.2, -0.15) is 4.98 Å². The summed E-state index contributed by atoms with van der Waals surface area (Å²) in [6.07, 6.45) is 1.19. The Balaban J connectivity index is 1.61. The van der Waals surface area contributed by atoms with Gasteiger partial charge in [-0.25, -0.2) is 9.97 Å². The first kappa shape index (κ1) is 19.1. The van der Waals surface area contributed by atoms with Gasteiger partial charge < -0.3 is 25.5 Å². The van der Waals surface area contributed by atoms with Crippen molar-refractivity contribution in [2.75, 3.05) is 11.9 Å². The van der Waals surface area contributed by atoms with Crippen molar-refractivity contribution in [3.8, 4) is 11.8 Å². The molecule has 1 unspecified atom stereocenters. The van der Waals surface area contributed by atoms with E-state index in [4.69, 9.17) is 26.5 Å². The van der Waals surface area contributed by atoms with Crippen molar-refractivity contribution in [1.29, 1.82) is 0 Å². The van der Waals surface area contributed by atoms with Crippen LogP contribution in [0.25, 0.3) is 21.9 Å². The summed E-state index contributed by atoms with van der Waals surface area (Å²) in [6, 6.07) is 6.84. The number of furan rings is 1. The summed E-state index contributed by atoms with van der Waals surface area (Å²) in [5.74, 6) is -0.713. The maximum absolute atomic E-state index is 12.5. The summed E-state index contributed by atoms with van der Waals surface area (Å²) in [6.45, 7) is 2.46. The fourth-order valence-electron chi connectivity index (χ4n) is 3.46. The summed E-state index contributed by atoms with van der Waals surface area (Å²) in [7, 11) is 0. The number of hydrogen-bond acceptors (Lipinski definition) is 8. The minimum Gasteiger partial charge on any atom is -0.449 e. The van der Waals surface area contributed by atoms with Gasteiger partial charge in [-0.15, -0.1) is 0 Å². The molecule has 1 aromatic carbocycles. The Morgan fingerprint density at radius 3 is 2.94 bits per heavy atom. The summed E-state index contributed by atoms with van der Waals surface area (Å²) < 4.78 is 11.5. The molecule has 0 bridgehead atoms. The molecule has 1 aliphatic heterocycles. The van der Waals surface area contributed by atoms with Crippen LogP contribution in [-0.4, -0.2) is 39.4 Å². The van der Waals surface area contributed by atoms with Crippen LogP contribution in [0.2, 0.25) is 5.28 Å². The Morgan fingerprint density at radius 1 is 1.29 bits per heavy atom. The molecule has 0 fully saturated rings. The number of benzene rings is 1.